The van der Waals surface area contributed by atoms with E-state index in [1.165, 1.54) is 0 Å². The maximum absolute atomic E-state index is 12.2. The third kappa shape index (κ3) is 5.83. The number of nitrogens with one attached hydrogen (secondary N) is 3. The molecule has 8 heteroatoms. The second-order valence-corrected chi connectivity index (χ2v) is 6.94. The molecule has 0 saturated carbocycles. The SMILES string of the molecule is Cc1[nH]c(=O)[nH]c(=O)c1CCC(=O)Nc1ccc(OCc2ccc(Cl)cc2)cc1. The highest BCUT2D eigenvalue weighted by atomic mass is 35.5. The number of anilines is 1. The molecule has 1 aromatic heterocycles. The number of carbonyl (C=O) groups excluding carboxylic acids is 1. The van der Waals surface area contributed by atoms with E-state index in [9.17, 15) is 14.4 Å². The Hall–Kier alpha value is -3.32. The van der Waals surface area contributed by atoms with E-state index in [1.807, 2.05) is 12.1 Å². The molecule has 150 valence electrons. The molecule has 0 aliphatic carbocycles. The van der Waals surface area contributed by atoms with Crippen LogP contribution in [0, 0.1) is 6.92 Å². The predicted octanol–water partition coefficient (Wildman–Crippen LogP) is 3.18. The van der Waals surface area contributed by atoms with E-state index < -0.39 is 11.2 Å². The molecule has 7 nitrogen and oxygen atoms in total. The van der Waals surface area contributed by atoms with Crippen LogP contribution >= 0.6 is 11.6 Å². The minimum absolute atomic E-state index is 0.116. The third-order valence-corrected chi connectivity index (χ3v) is 4.57. The van der Waals surface area contributed by atoms with Gasteiger partial charge in [0.1, 0.15) is 12.4 Å². The normalized spacial score (nSPS) is 10.6. The first-order valence-electron chi connectivity index (χ1n) is 9.00. The van der Waals surface area contributed by atoms with Crippen molar-refractivity contribution in [1.29, 1.82) is 0 Å². The zero-order valence-corrected chi connectivity index (χ0v) is 16.5. The summed E-state index contributed by atoms with van der Waals surface area (Å²) in [5.41, 5.74) is 1.46. The number of rotatable bonds is 7. The van der Waals surface area contributed by atoms with Crippen molar-refractivity contribution in [3.05, 3.63) is 91.2 Å². The van der Waals surface area contributed by atoms with E-state index in [2.05, 4.69) is 15.3 Å². The molecule has 0 unspecified atom stereocenters. The molecule has 0 fully saturated rings. The summed E-state index contributed by atoms with van der Waals surface area (Å²) in [6, 6.07) is 14.4. The van der Waals surface area contributed by atoms with Crippen molar-refractivity contribution < 1.29 is 9.53 Å². The number of hydrogen-bond donors (Lipinski definition) is 3. The molecule has 1 heterocycles. The molecule has 29 heavy (non-hydrogen) atoms. The molecule has 0 radical (unpaired) electrons. The van der Waals surface area contributed by atoms with E-state index >= 15 is 0 Å². The summed E-state index contributed by atoms with van der Waals surface area (Å²) in [6.07, 6.45) is 0.344. The molecule has 0 spiro atoms. The van der Waals surface area contributed by atoms with E-state index in [4.69, 9.17) is 16.3 Å². The molecule has 0 bridgehead atoms. The van der Waals surface area contributed by atoms with E-state index in [0.717, 1.165) is 5.56 Å². The highest BCUT2D eigenvalue weighted by Crippen LogP contribution is 2.18. The smallest absolute Gasteiger partial charge is 0.325 e. The molecule has 3 aromatic rings. The minimum Gasteiger partial charge on any atom is -0.489 e. The average molecular weight is 414 g/mol. The van der Waals surface area contributed by atoms with Gasteiger partial charge < -0.3 is 15.0 Å². The highest BCUT2D eigenvalue weighted by molar-refractivity contribution is 6.30. The average Bonchev–Trinajstić information content (AvgIpc) is 2.68. The molecule has 3 N–H and O–H groups in total. The van der Waals surface area contributed by atoms with Crippen LogP contribution in [-0.4, -0.2) is 15.9 Å². The highest BCUT2D eigenvalue weighted by Gasteiger charge is 2.09. The van der Waals surface area contributed by atoms with Crippen molar-refractivity contribution in [3.63, 3.8) is 0 Å². The fourth-order valence-corrected chi connectivity index (χ4v) is 2.90. The standard InChI is InChI=1S/C21H20ClN3O4/c1-13-18(20(27)25-21(28)23-13)10-11-19(26)24-16-6-8-17(9-7-16)29-12-14-2-4-15(22)5-3-14/h2-9H,10-12H2,1H3,(H,24,26)(H2,23,25,27,28). The van der Waals surface area contributed by atoms with Gasteiger partial charge in [-0.1, -0.05) is 23.7 Å². The molecule has 2 aromatic carbocycles. The number of aryl methyl sites for hydroxylation is 1. The molecule has 0 aliphatic rings. The minimum atomic E-state index is -0.556. The first-order valence-corrected chi connectivity index (χ1v) is 9.38. The van der Waals surface area contributed by atoms with Crippen LogP contribution in [0.25, 0.3) is 0 Å². The molecule has 3 rings (SSSR count). The Morgan fingerprint density at radius 1 is 1.03 bits per heavy atom. The number of halogens is 1. The molecule has 0 saturated heterocycles. The molecular weight excluding hydrogens is 394 g/mol. The van der Waals surface area contributed by atoms with E-state index in [-0.39, 0.29) is 18.7 Å². The number of H-pyrrole nitrogens is 2. The van der Waals surface area contributed by atoms with Gasteiger partial charge in [-0.3, -0.25) is 14.6 Å². The monoisotopic (exact) mass is 413 g/mol. The van der Waals surface area contributed by atoms with Crippen molar-refractivity contribution in [1.82, 2.24) is 9.97 Å². The predicted molar refractivity (Wildman–Crippen MR) is 112 cm³/mol. The van der Waals surface area contributed by atoms with Crippen LogP contribution < -0.4 is 21.3 Å². The number of aromatic amines is 2. The number of ether oxygens (including phenoxy) is 1. The van der Waals surface area contributed by atoms with Gasteiger partial charge in [0.15, 0.2) is 0 Å². The molecule has 1 amide bonds. The summed E-state index contributed by atoms with van der Waals surface area (Å²) in [7, 11) is 0. The Bertz CT molecular complexity index is 1100. The second kappa shape index (κ2) is 9.25. The van der Waals surface area contributed by atoms with Crippen LogP contribution in [0.2, 0.25) is 5.02 Å². The maximum Gasteiger partial charge on any atom is 0.325 e. The van der Waals surface area contributed by atoms with Crippen molar-refractivity contribution >= 4 is 23.2 Å². The molecule has 0 aliphatic heterocycles. The van der Waals surface area contributed by atoms with Gasteiger partial charge in [0.05, 0.1) is 0 Å². The van der Waals surface area contributed by atoms with Crippen molar-refractivity contribution in [2.24, 2.45) is 0 Å². The lowest BCUT2D eigenvalue weighted by Crippen LogP contribution is -2.27. The lowest BCUT2D eigenvalue weighted by Gasteiger charge is -2.09. The zero-order valence-electron chi connectivity index (χ0n) is 15.8. The summed E-state index contributed by atoms with van der Waals surface area (Å²) in [4.78, 5) is 39.9. The van der Waals surface area contributed by atoms with Crippen LogP contribution in [0.4, 0.5) is 5.69 Å². The number of aromatic nitrogens is 2. The van der Waals surface area contributed by atoms with Gasteiger partial charge in [-0.05, 0) is 55.3 Å². The first kappa shape index (κ1) is 20.4. The number of benzene rings is 2. The Balaban J connectivity index is 1.51. The summed E-state index contributed by atoms with van der Waals surface area (Å²) < 4.78 is 5.71. The Morgan fingerprint density at radius 2 is 1.72 bits per heavy atom. The summed E-state index contributed by atoms with van der Waals surface area (Å²) in [5.74, 6) is 0.443. The van der Waals surface area contributed by atoms with Gasteiger partial charge in [0.2, 0.25) is 5.91 Å². The maximum atomic E-state index is 12.2. The summed E-state index contributed by atoms with van der Waals surface area (Å²) >= 11 is 5.86. The number of carbonyl (C=O) groups is 1. The van der Waals surface area contributed by atoms with Crippen molar-refractivity contribution in [3.8, 4) is 5.75 Å². The van der Waals surface area contributed by atoms with Crippen LogP contribution in [0.15, 0.2) is 58.1 Å². The lowest BCUT2D eigenvalue weighted by molar-refractivity contribution is -0.116. The van der Waals surface area contributed by atoms with Gasteiger partial charge in [0, 0.05) is 28.4 Å². The number of hydrogen-bond acceptors (Lipinski definition) is 4. The molecule has 0 atom stereocenters. The largest absolute Gasteiger partial charge is 0.489 e. The Labute approximate surface area is 171 Å². The summed E-state index contributed by atoms with van der Waals surface area (Å²) in [6.45, 7) is 2.04. The summed E-state index contributed by atoms with van der Waals surface area (Å²) in [5, 5.41) is 3.45. The Morgan fingerprint density at radius 3 is 2.38 bits per heavy atom. The van der Waals surface area contributed by atoms with Crippen molar-refractivity contribution in [2.75, 3.05) is 5.32 Å². The van der Waals surface area contributed by atoms with E-state index in [0.29, 0.717) is 34.3 Å². The van der Waals surface area contributed by atoms with Crippen LogP contribution in [0.5, 0.6) is 5.75 Å². The zero-order chi connectivity index (χ0) is 20.8. The topological polar surface area (TPSA) is 104 Å². The first-order chi connectivity index (χ1) is 13.9. The van der Waals surface area contributed by atoms with E-state index in [1.54, 1.807) is 43.3 Å². The quantitative estimate of drug-likeness (QED) is 0.553. The van der Waals surface area contributed by atoms with Crippen LogP contribution in [-0.2, 0) is 17.8 Å². The van der Waals surface area contributed by atoms with Gasteiger partial charge in [-0.25, -0.2) is 4.79 Å². The third-order valence-electron chi connectivity index (χ3n) is 4.31. The molecular formula is C21H20ClN3O4. The van der Waals surface area contributed by atoms with Gasteiger partial charge >= 0.3 is 5.69 Å². The lowest BCUT2D eigenvalue weighted by atomic mass is 10.1. The van der Waals surface area contributed by atoms with Crippen LogP contribution in [0.1, 0.15) is 23.2 Å². The van der Waals surface area contributed by atoms with Crippen molar-refractivity contribution in [2.45, 2.75) is 26.4 Å². The van der Waals surface area contributed by atoms with Gasteiger partial charge in [0.25, 0.3) is 5.56 Å². The van der Waals surface area contributed by atoms with Gasteiger partial charge in [-0.2, -0.15) is 0 Å². The Kier molecular flexibility index (Phi) is 6.51. The number of amides is 1. The van der Waals surface area contributed by atoms with Gasteiger partial charge in [-0.15, -0.1) is 0 Å². The fourth-order valence-electron chi connectivity index (χ4n) is 2.77. The fraction of sp³-hybridized carbons (Fsp3) is 0.190. The second-order valence-electron chi connectivity index (χ2n) is 6.50. The van der Waals surface area contributed by atoms with Crippen LogP contribution in [0.3, 0.4) is 0 Å².